The predicted molar refractivity (Wildman–Crippen MR) is 45.4 cm³/mol. The van der Waals surface area contributed by atoms with Crippen LogP contribution in [0.5, 0.6) is 0 Å². The molecule has 0 aromatic carbocycles. The van der Waals surface area contributed by atoms with E-state index in [0.29, 0.717) is 12.8 Å². The van der Waals surface area contributed by atoms with E-state index in [1.807, 2.05) is 0 Å². The van der Waals surface area contributed by atoms with Crippen molar-refractivity contribution in [3.05, 3.63) is 0 Å². The largest absolute Gasteiger partial charge is 0.396 e. The lowest BCUT2D eigenvalue weighted by molar-refractivity contribution is 0.209. The van der Waals surface area contributed by atoms with Gasteiger partial charge in [-0.2, -0.15) is 0 Å². The van der Waals surface area contributed by atoms with E-state index in [1.165, 1.54) is 12.8 Å². The van der Waals surface area contributed by atoms with E-state index in [9.17, 15) is 4.39 Å². The Kier molecular flexibility index (Phi) is 7.91. The Morgan fingerprint density at radius 1 is 1.18 bits per heavy atom. The molecule has 0 saturated heterocycles. The maximum Gasteiger partial charge on any atom is 0.102 e. The molecule has 1 atom stereocenters. The topological polar surface area (TPSA) is 20.2 Å². The van der Waals surface area contributed by atoms with Gasteiger partial charge in [0.1, 0.15) is 6.17 Å². The molecule has 0 radical (unpaired) electrons. The smallest absolute Gasteiger partial charge is 0.102 e. The van der Waals surface area contributed by atoms with E-state index in [-0.39, 0.29) is 6.61 Å². The first-order valence-corrected chi connectivity index (χ1v) is 4.56. The maximum absolute atomic E-state index is 12.7. The lowest BCUT2D eigenvalue weighted by Gasteiger charge is -2.04. The lowest BCUT2D eigenvalue weighted by Crippen LogP contribution is -2.02. The van der Waals surface area contributed by atoms with Gasteiger partial charge in [0.15, 0.2) is 0 Å². The van der Waals surface area contributed by atoms with Gasteiger partial charge in [0, 0.05) is 13.0 Å². The number of aliphatic hydroxyl groups is 1. The molecule has 0 rings (SSSR count). The Morgan fingerprint density at radius 2 is 1.91 bits per heavy atom. The van der Waals surface area contributed by atoms with Crippen molar-refractivity contribution in [2.75, 3.05) is 6.61 Å². The summed E-state index contributed by atoms with van der Waals surface area (Å²) in [4.78, 5) is 0. The Labute approximate surface area is 68.6 Å². The van der Waals surface area contributed by atoms with Crippen molar-refractivity contribution in [3.63, 3.8) is 0 Å². The van der Waals surface area contributed by atoms with Crippen LogP contribution in [-0.2, 0) is 0 Å². The van der Waals surface area contributed by atoms with Crippen LogP contribution in [0.4, 0.5) is 4.39 Å². The van der Waals surface area contributed by atoms with Gasteiger partial charge in [0.25, 0.3) is 0 Å². The summed E-state index contributed by atoms with van der Waals surface area (Å²) in [6.45, 7) is 2.12. The molecule has 0 aliphatic carbocycles. The number of halogens is 1. The van der Waals surface area contributed by atoms with Crippen LogP contribution in [0.3, 0.4) is 0 Å². The van der Waals surface area contributed by atoms with E-state index < -0.39 is 6.17 Å². The fraction of sp³-hybridized carbons (Fsp3) is 1.00. The molecule has 1 unspecified atom stereocenters. The Balaban J connectivity index is 2.97. The highest BCUT2D eigenvalue weighted by Gasteiger charge is 2.03. The van der Waals surface area contributed by atoms with Gasteiger partial charge >= 0.3 is 0 Å². The molecule has 0 aliphatic rings. The second kappa shape index (κ2) is 7.99. The Hall–Kier alpha value is -0.110. The summed E-state index contributed by atoms with van der Waals surface area (Å²) in [6.07, 6.45) is 4.64. The molecule has 0 bridgehead atoms. The first-order chi connectivity index (χ1) is 5.31. The lowest BCUT2D eigenvalue weighted by atomic mass is 10.1. The SMILES string of the molecule is CCCCCCC(F)CCO. The van der Waals surface area contributed by atoms with Crippen LogP contribution in [0, 0.1) is 0 Å². The molecule has 1 nitrogen and oxygen atoms in total. The van der Waals surface area contributed by atoms with Gasteiger partial charge in [-0.1, -0.05) is 32.6 Å². The number of hydrogen-bond acceptors (Lipinski definition) is 1. The van der Waals surface area contributed by atoms with Crippen molar-refractivity contribution >= 4 is 0 Å². The van der Waals surface area contributed by atoms with Crippen molar-refractivity contribution in [1.29, 1.82) is 0 Å². The van der Waals surface area contributed by atoms with E-state index in [2.05, 4.69) is 6.92 Å². The number of alkyl halides is 1. The normalized spacial score (nSPS) is 13.4. The summed E-state index contributed by atoms with van der Waals surface area (Å²) >= 11 is 0. The van der Waals surface area contributed by atoms with Gasteiger partial charge in [0.05, 0.1) is 0 Å². The van der Waals surface area contributed by atoms with E-state index in [4.69, 9.17) is 5.11 Å². The summed E-state index contributed by atoms with van der Waals surface area (Å²) in [5, 5.41) is 8.40. The number of hydrogen-bond donors (Lipinski definition) is 1. The van der Waals surface area contributed by atoms with Crippen molar-refractivity contribution in [2.24, 2.45) is 0 Å². The van der Waals surface area contributed by atoms with Crippen molar-refractivity contribution in [1.82, 2.24) is 0 Å². The maximum atomic E-state index is 12.7. The summed E-state index contributed by atoms with van der Waals surface area (Å²) in [5.74, 6) is 0. The molecule has 0 heterocycles. The Morgan fingerprint density at radius 3 is 2.45 bits per heavy atom. The second-order valence-corrected chi connectivity index (χ2v) is 2.96. The molecule has 0 aliphatic heterocycles. The van der Waals surface area contributed by atoms with E-state index in [1.54, 1.807) is 0 Å². The van der Waals surface area contributed by atoms with E-state index >= 15 is 0 Å². The van der Waals surface area contributed by atoms with Gasteiger partial charge in [-0.15, -0.1) is 0 Å². The molecule has 1 N–H and O–H groups in total. The predicted octanol–water partition coefficient (Wildman–Crippen LogP) is 2.68. The zero-order chi connectivity index (χ0) is 8.53. The summed E-state index contributed by atoms with van der Waals surface area (Å²) in [5.41, 5.74) is 0. The van der Waals surface area contributed by atoms with Gasteiger partial charge in [0.2, 0.25) is 0 Å². The minimum atomic E-state index is -0.781. The standard InChI is InChI=1S/C9H19FO/c1-2-3-4-5-6-9(10)7-8-11/h9,11H,2-8H2,1H3. The summed E-state index contributed by atoms with van der Waals surface area (Å²) in [7, 11) is 0. The van der Waals surface area contributed by atoms with Gasteiger partial charge in [-0.25, -0.2) is 4.39 Å². The van der Waals surface area contributed by atoms with Crippen LogP contribution < -0.4 is 0 Å². The molecule has 2 heteroatoms. The third-order valence-electron chi connectivity index (χ3n) is 1.81. The Bertz CT molecular complexity index is 76.0. The average molecular weight is 162 g/mol. The molecule has 0 aromatic heterocycles. The van der Waals surface area contributed by atoms with Crippen LogP contribution in [0.15, 0.2) is 0 Å². The molecule has 11 heavy (non-hydrogen) atoms. The van der Waals surface area contributed by atoms with Crippen LogP contribution >= 0.6 is 0 Å². The van der Waals surface area contributed by atoms with Crippen LogP contribution in [0.2, 0.25) is 0 Å². The molecule has 0 spiro atoms. The minimum absolute atomic E-state index is 0.0189. The minimum Gasteiger partial charge on any atom is -0.396 e. The fourth-order valence-corrected chi connectivity index (χ4v) is 1.08. The highest BCUT2D eigenvalue weighted by Crippen LogP contribution is 2.10. The first-order valence-electron chi connectivity index (χ1n) is 4.56. The molecular weight excluding hydrogens is 143 g/mol. The third-order valence-corrected chi connectivity index (χ3v) is 1.81. The fourth-order valence-electron chi connectivity index (χ4n) is 1.08. The quantitative estimate of drug-likeness (QED) is 0.571. The number of unbranched alkanes of at least 4 members (excludes halogenated alkanes) is 3. The highest BCUT2D eigenvalue weighted by molar-refractivity contribution is 4.55. The van der Waals surface area contributed by atoms with Gasteiger partial charge in [-0.3, -0.25) is 0 Å². The molecular formula is C9H19FO. The molecule has 0 saturated carbocycles. The second-order valence-electron chi connectivity index (χ2n) is 2.96. The molecule has 0 fully saturated rings. The summed E-state index contributed by atoms with van der Waals surface area (Å²) in [6, 6.07) is 0. The number of aliphatic hydroxyl groups excluding tert-OH is 1. The van der Waals surface area contributed by atoms with Crippen molar-refractivity contribution in [3.8, 4) is 0 Å². The van der Waals surface area contributed by atoms with Crippen molar-refractivity contribution in [2.45, 2.75) is 51.6 Å². The van der Waals surface area contributed by atoms with E-state index in [0.717, 1.165) is 12.8 Å². The van der Waals surface area contributed by atoms with Crippen LogP contribution in [0.1, 0.15) is 45.4 Å². The van der Waals surface area contributed by atoms with Gasteiger partial charge < -0.3 is 5.11 Å². The first kappa shape index (κ1) is 10.9. The zero-order valence-corrected chi connectivity index (χ0v) is 7.35. The van der Waals surface area contributed by atoms with Crippen LogP contribution in [-0.4, -0.2) is 17.9 Å². The number of rotatable bonds is 7. The van der Waals surface area contributed by atoms with Crippen LogP contribution in [0.25, 0.3) is 0 Å². The average Bonchev–Trinajstić information content (AvgIpc) is 1.99. The zero-order valence-electron chi connectivity index (χ0n) is 7.35. The van der Waals surface area contributed by atoms with Gasteiger partial charge in [-0.05, 0) is 6.42 Å². The monoisotopic (exact) mass is 162 g/mol. The third kappa shape index (κ3) is 7.79. The molecule has 68 valence electrons. The highest BCUT2D eigenvalue weighted by atomic mass is 19.1. The summed E-state index contributed by atoms with van der Waals surface area (Å²) < 4.78 is 12.7. The molecule has 0 aromatic rings. The molecule has 0 amide bonds. The van der Waals surface area contributed by atoms with Crippen molar-refractivity contribution < 1.29 is 9.50 Å².